The summed E-state index contributed by atoms with van der Waals surface area (Å²) < 4.78 is 5.71. The van der Waals surface area contributed by atoms with E-state index < -0.39 is 5.56 Å². The zero-order valence-electron chi connectivity index (χ0n) is 10.4. The summed E-state index contributed by atoms with van der Waals surface area (Å²) in [6, 6.07) is 6.02. The summed E-state index contributed by atoms with van der Waals surface area (Å²) in [6.07, 6.45) is 3.71. The smallest absolute Gasteiger partial charge is 0.312 e. The molecule has 1 aliphatic rings. The normalized spacial score (nSPS) is 14.4. The van der Waals surface area contributed by atoms with Crippen molar-refractivity contribution in [3.8, 4) is 11.6 Å². The Kier molecular flexibility index (Phi) is 3.03. The first-order valence-electron chi connectivity index (χ1n) is 6.17. The fourth-order valence-corrected chi connectivity index (χ4v) is 2.20. The maximum atomic E-state index is 11.7. The van der Waals surface area contributed by atoms with Gasteiger partial charge in [0.25, 0.3) is 5.88 Å². The molecule has 2 aromatic rings. The highest BCUT2D eigenvalue weighted by atomic mass is 35.5. The van der Waals surface area contributed by atoms with E-state index in [1.165, 1.54) is 19.0 Å². The number of para-hydroxylation sites is 1. The molecule has 4 nitrogen and oxygen atoms in total. The lowest BCUT2D eigenvalue weighted by atomic mass is 10.1. The Morgan fingerprint density at radius 1 is 1.42 bits per heavy atom. The van der Waals surface area contributed by atoms with Gasteiger partial charge in [-0.1, -0.05) is 29.8 Å². The molecule has 0 amide bonds. The van der Waals surface area contributed by atoms with Crippen molar-refractivity contribution in [3.63, 3.8) is 0 Å². The predicted octanol–water partition coefficient (Wildman–Crippen LogP) is 3.40. The molecular weight excluding hydrogens is 264 g/mol. The van der Waals surface area contributed by atoms with Crippen LogP contribution in [0.15, 0.2) is 29.2 Å². The van der Waals surface area contributed by atoms with E-state index in [-0.39, 0.29) is 11.0 Å². The van der Waals surface area contributed by atoms with Crippen molar-refractivity contribution in [2.45, 2.75) is 25.7 Å². The van der Waals surface area contributed by atoms with E-state index in [1.54, 1.807) is 0 Å². The van der Waals surface area contributed by atoms with Gasteiger partial charge in [-0.2, -0.15) is 0 Å². The van der Waals surface area contributed by atoms with E-state index in [1.807, 2.05) is 25.1 Å². The number of H-pyrrole nitrogens is 1. The summed E-state index contributed by atoms with van der Waals surface area (Å²) in [5.41, 5.74) is 1.73. The number of hydrogen-bond acceptors (Lipinski definition) is 3. The topological polar surface area (TPSA) is 55.0 Å². The number of aromatic nitrogens is 2. The Balaban J connectivity index is 2.01. The molecular formula is C14H13ClN2O2. The molecule has 3 rings (SSSR count). The van der Waals surface area contributed by atoms with Crippen LogP contribution < -0.4 is 10.3 Å². The molecule has 1 heterocycles. The van der Waals surface area contributed by atoms with E-state index in [9.17, 15) is 4.79 Å². The summed E-state index contributed by atoms with van der Waals surface area (Å²) in [6.45, 7) is 1.96. The van der Waals surface area contributed by atoms with Crippen LogP contribution in [0.5, 0.6) is 11.6 Å². The molecule has 19 heavy (non-hydrogen) atoms. The predicted molar refractivity (Wildman–Crippen MR) is 73.1 cm³/mol. The lowest BCUT2D eigenvalue weighted by molar-refractivity contribution is 0.445. The Morgan fingerprint density at radius 3 is 2.89 bits per heavy atom. The van der Waals surface area contributed by atoms with Gasteiger partial charge < -0.3 is 9.72 Å². The average molecular weight is 277 g/mol. The van der Waals surface area contributed by atoms with Crippen LogP contribution in [-0.2, 0) is 0 Å². The van der Waals surface area contributed by atoms with E-state index in [2.05, 4.69) is 9.97 Å². The molecule has 98 valence electrons. The molecule has 1 aliphatic carbocycles. The SMILES string of the molecule is Cc1cccc(C2CC2)c1Oc1ncc(Cl)[nH]c1=O. The van der Waals surface area contributed by atoms with Crippen LogP contribution in [0.25, 0.3) is 0 Å². The summed E-state index contributed by atoms with van der Waals surface area (Å²) in [4.78, 5) is 18.1. The number of hydrogen-bond donors (Lipinski definition) is 1. The fourth-order valence-electron chi connectivity index (χ4n) is 2.07. The molecule has 0 bridgehead atoms. The molecule has 1 N–H and O–H groups in total. The van der Waals surface area contributed by atoms with Crippen molar-refractivity contribution >= 4 is 11.6 Å². The van der Waals surface area contributed by atoms with Gasteiger partial charge >= 0.3 is 5.56 Å². The number of aryl methyl sites for hydroxylation is 1. The summed E-state index contributed by atoms with van der Waals surface area (Å²) in [7, 11) is 0. The van der Waals surface area contributed by atoms with Gasteiger partial charge in [-0.15, -0.1) is 0 Å². The molecule has 0 radical (unpaired) electrons. The molecule has 1 fully saturated rings. The van der Waals surface area contributed by atoms with Gasteiger partial charge in [-0.05, 0) is 36.8 Å². The number of benzene rings is 1. The van der Waals surface area contributed by atoms with Crippen molar-refractivity contribution in [1.29, 1.82) is 0 Å². The Morgan fingerprint density at radius 2 is 2.21 bits per heavy atom. The highest BCUT2D eigenvalue weighted by molar-refractivity contribution is 6.29. The second kappa shape index (κ2) is 4.70. The first-order valence-corrected chi connectivity index (χ1v) is 6.55. The van der Waals surface area contributed by atoms with Crippen molar-refractivity contribution in [2.24, 2.45) is 0 Å². The Hall–Kier alpha value is -1.81. The summed E-state index contributed by atoms with van der Waals surface area (Å²) in [5.74, 6) is 1.31. The minimum atomic E-state index is -0.419. The van der Waals surface area contributed by atoms with Crippen molar-refractivity contribution < 1.29 is 4.74 Å². The second-order valence-electron chi connectivity index (χ2n) is 4.74. The van der Waals surface area contributed by atoms with Gasteiger partial charge in [-0.3, -0.25) is 4.79 Å². The van der Waals surface area contributed by atoms with Crippen LogP contribution in [0.1, 0.15) is 29.9 Å². The maximum Gasteiger partial charge on any atom is 0.312 e. The molecule has 0 spiro atoms. The zero-order valence-corrected chi connectivity index (χ0v) is 11.2. The molecule has 0 aliphatic heterocycles. The second-order valence-corrected chi connectivity index (χ2v) is 5.14. The third-order valence-electron chi connectivity index (χ3n) is 3.18. The van der Waals surface area contributed by atoms with Crippen molar-refractivity contribution in [2.75, 3.05) is 0 Å². The first kappa shape index (κ1) is 12.2. The number of ether oxygens (including phenoxy) is 1. The quantitative estimate of drug-likeness (QED) is 0.935. The van der Waals surface area contributed by atoms with E-state index in [0.29, 0.717) is 5.92 Å². The van der Waals surface area contributed by atoms with Crippen LogP contribution in [0.4, 0.5) is 0 Å². The lowest BCUT2D eigenvalue weighted by Crippen LogP contribution is -2.11. The van der Waals surface area contributed by atoms with Crippen LogP contribution in [-0.4, -0.2) is 9.97 Å². The standard InChI is InChI=1S/C14H13ClN2O2/c1-8-3-2-4-10(9-5-6-9)12(8)19-14-13(18)17-11(15)7-16-14/h2-4,7,9H,5-6H2,1H3,(H,17,18). The van der Waals surface area contributed by atoms with Crippen molar-refractivity contribution in [3.05, 3.63) is 51.0 Å². The van der Waals surface area contributed by atoms with Crippen LogP contribution >= 0.6 is 11.6 Å². The molecule has 0 saturated heterocycles. The highest BCUT2D eigenvalue weighted by Crippen LogP contribution is 2.45. The number of aromatic amines is 1. The van der Waals surface area contributed by atoms with Gasteiger partial charge in [0.1, 0.15) is 10.9 Å². The summed E-state index contributed by atoms with van der Waals surface area (Å²) >= 11 is 5.67. The third-order valence-corrected chi connectivity index (χ3v) is 3.37. The maximum absolute atomic E-state index is 11.7. The molecule has 0 atom stereocenters. The van der Waals surface area contributed by atoms with Gasteiger partial charge in [-0.25, -0.2) is 4.98 Å². The van der Waals surface area contributed by atoms with E-state index >= 15 is 0 Å². The van der Waals surface area contributed by atoms with Crippen molar-refractivity contribution in [1.82, 2.24) is 9.97 Å². The van der Waals surface area contributed by atoms with Crippen LogP contribution in [0.3, 0.4) is 0 Å². The van der Waals surface area contributed by atoms with E-state index in [4.69, 9.17) is 16.3 Å². The highest BCUT2D eigenvalue weighted by Gasteiger charge is 2.28. The lowest BCUT2D eigenvalue weighted by Gasteiger charge is -2.12. The van der Waals surface area contributed by atoms with Crippen LogP contribution in [0, 0.1) is 6.92 Å². The number of nitrogens with one attached hydrogen (secondary N) is 1. The summed E-state index contributed by atoms with van der Waals surface area (Å²) in [5, 5.41) is 0.199. The zero-order chi connectivity index (χ0) is 13.4. The third kappa shape index (κ3) is 2.49. The minimum absolute atomic E-state index is 0.0283. The largest absolute Gasteiger partial charge is 0.434 e. The van der Waals surface area contributed by atoms with Gasteiger partial charge in [0, 0.05) is 0 Å². The monoisotopic (exact) mass is 276 g/mol. The Labute approximate surface area is 115 Å². The molecule has 5 heteroatoms. The van der Waals surface area contributed by atoms with Crippen LogP contribution in [0.2, 0.25) is 5.15 Å². The molecule has 1 saturated carbocycles. The van der Waals surface area contributed by atoms with Gasteiger partial charge in [0.15, 0.2) is 0 Å². The molecule has 1 aromatic heterocycles. The first-order chi connectivity index (χ1) is 9.15. The molecule has 1 aromatic carbocycles. The van der Waals surface area contributed by atoms with Gasteiger partial charge in [0.05, 0.1) is 6.20 Å². The average Bonchev–Trinajstić information content (AvgIpc) is 3.19. The minimum Gasteiger partial charge on any atom is -0.434 e. The number of nitrogens with zero attached hydrogens (tertiary/aromatic N) is 1. The number of rotatable bonds is 3. The molecule has 0 unspecified atom stereocenters. The van der Waals surface area contributed by atoms with E-state index in [0.717, 1.165) is 16.9 Å². The fraction of sp³-hybridized carbons (Fsp3) is 0.286. The Bertz CT molecular complexity index is 677. The number of halogens is 1. The van der Waals surface area contributed by atoms with Gasteiger partial charge in [0.2, 0.25) is 0 Å².